The monoisotopic (exact) mass is 1220 g/mol. The van der Waals surface area contributed by atoms with Gasteiger partial charge in [0.2, 0.25) is 0 Å². The Morgan fingerprint density at radius 1 is 0.483 bits per heavy atom. The Bertz CT molecular complexity index is 3440. The van der Waals surface area contributed by atoms with Crippen LogP contribution in [0, 0.1) is 0 Å². The minimum Gasteiger partial charge on any atom is -0.398 e. The van der Waals surface area contributed by atoms with Crippen molar-refractivity contribution in [1.82, 2.24) is 0 Å². The number of nitrogens with one attached hydrogen (secondary N) is 6. The van der Waals surface area contributed by atoms with Crippen LogP contribution >= 0.6 is 0 Å². The van der Waals surface area contributed by atoms with Crippen molar-refractivity contribution in [3.05, 3.63) is 146 Å². The fourth-order valence-corrected chi connectivity index (χ4v) is 12.3. The zero-order chi connectivity index (χ0) is 62.8. The molecule has 6 aliphatic rings. The standard InChI is InChI=1S/C11H13F3N2.C11H16N2O2.C11H16N2O.C11H14N2.C10H14N2O3S.C10H14N2O/c12-11(13,14)6-8-9(15)4-3-7-2-1-5-16-10(7)8;12-8-4-3-7-2-1-5-13-11(7)10(8)9(15)6-14;12-10-4-3-8-2-1-6-13-11(8)9(10)5-7-14;1-2-9-10(12)6-5-8-4-3-7-13-11(8)9;11-9-4-3-7-2-1-5-12-10(7)8(9)6-16(13,14)15;11-9-4-3-7-2-1-5-12-10(7)8(9)6-13/h3-4,16H,1-2,5-6,15H2;3-4,9,13-15H,1-2,5-6,12H2;3-4,13-14H,1-2,5-7,12H2;2,5-6,13H,1,3-4,7,12H2;3-4,12H,1-2,5-6,11H2,(H,13,14,15);3-4,12-13H,1-2,5-6,11H2. The predicted octanol–water partition coefficient (Wildman–Crippen LogP) is 8.95. The minimum absolute atomic E-state index is 0.0159. The zero-order valence-electron chi connectivity index (χ0n) is 49.3. The fourth-order valence-electron chi connectivity index (χ4n) is 11.7. The van der Waals surface area contributed by atoms with Crippen LogP contribution in [0.2, 0.25) is 0 Å². The molecule has 6 aromatic rings. The average Bonchev–Trinajstić information content (AvgIpc) is 3.67. The third kappa shape index (κ3) is 17.9. The molecule has 0 saturated heterocycles. The van der Waals surface area contributed by atoms with Gasteiger partial charge >= 0.3 is 6.18 Å². The molecule has 0 spiro atoms. The smallest absolute Gasteiger partial charge is 0.393 e. The summed E-state index contributed by atoms with van der Waals surface area (Å²) in [7, 11) is -4.05. The summed E-state index contributed by atoms with van der Waals surface area (Å²) in [5.74, 6) is -0.436. The first-order valence-electron chi connectivity index (χ1n) is 29.7. The van der Waals surface area contributed by atoms with E-state index in [-0.39, 0.29) is 31.1 Å². The van der Waals surface area contributed by atoms with E-state index in [2.05, 4.69) is 50.6 Å². The summed E-state index contributed by atoms with van der Waals surface area (Å²) in [6.45, 7) is 9.07. The maximum Gasteiger partial charge on any atom is 0.393 e. The average molecular weight is 1230 g/mol. The number of nitrogen functional groups attached to an aromatic ring is 6. The van der Waals surface area contributed by atoms with E-state index in [1.165, 1.54) is 35.2 Å². The van der Waals surface area contributed by atoms with E-state index < -0.39 is 34.6 Å². The highest BCUT2D eigenvalue weighted by molar-refractivity contribution is 7.85. The highest BCUT2D eigenvalue weighted by Gasteiger charge is 2.31. The highest BCUT2D eigenvalue weighted by atomic mass is 32.2. The Labute approximate surface area is 508 Å². The van der Waals surface area contributed by atoms with Gasteiger partial charge in [-0.25, -0.2) is 0 Å². The SMILES string of the molecule is C=Cc1c(N)ccc2c1NCCC2.Nc1ccc2c(c1C(O)CO)NCCC2.Nc1ccc2c(c1CC(F)(F)F)NCCC2.Nc1ccc2c(c1CCO)NCCC2.Nc1ccc2c(c1CO)NCCC2.Nc1ccc2c(c1CS(=O)(=O)O)NCCC2. The topological polar surface area (TPSA) is 364 Å². The van der Waals surface area contributed by atoms with Gasteiger partial charge in [-0.1, -0.05) is 49.1 Å². The molecule has 0 aromatic heterocycles. The maximum absolute atomic E-state index is 12.4. The third-order valence-electron chi connectivity index (χ3n) is 16.0. The second kappa shape index (κ2) is 31.2. The lowest BCUT2D eigenvalue weighted by Gasteiger charge is -2.24. The van der Waals surface area contributed by atoms with E-state index in [9.17, 15) is 26.7 Å². The number of halogens is 3. The van der Waals surface area contributed by atoms with Gasteiger partial charge in [-0.05, 0) is 153 Å². The lowest BCUT2D eigenvalue weighted by Crippen LogP contribution is -2.19. The molecule has 12 rings (SSSR count). The van der Waals surface area contributed by atoms with E-state index >= 15 is 0 Å². The summed E-state index contributed by atoms with van der Waals surface area (Å²) in [6.07, 6.45) is 9.01. The molecule has 0 aliphatic carbocycles. The Morgan fingerprint density at radius 2 is 0.816 bits per heavy atom. The Hall–Kier alpha value is -7.80. The largest absolute Gasteiger partial charge is 0.398 e. The summed E-state index contributed by atoms with van der Waals surface area (Å²) >= 11 is 0. The van der Waals surface area contributed by atoms with E-state index in [4.69, 9.17) is 54.3 Å². The van der Waals surface area contributed by atoms with Crippen LogP contribution in [0.5, 0.6) is 0 Å². The van der Waals surface area contributed by atoms with Crippen LogP contribution in [0.15, 0.2) is 79.4 Å². The van der Waals surface area contributed by atoms with Gasteiger partial charge in [-0.3, -0.25) is 4.55 Å². The van der Waals surface area contributed by atoms with Gasteiger partial charge in [-0.2, -0.15) is 21.6 Å². The molecule has 472 valence electrons. The van der Waals surface area contributed by atoms with E-state index in [0.29, 0.717) is 46.8 Å². The summed E-state index contributed by atoms with van der Waals surface area (Å²) < 4.78 is 67.9. The molecular formula is C64H87F3N12O7S. The van der Waals surface area contributed by atoms with Crippen LogP contribution in [0.1, 0.15) is 111 Å². The molecule has 6 aliphatic heterocycles. The van der Waals surface area contributed by atoms with E-state index in [1.807, 2.05) is 42.5 Å². The summed E-state index contributed by atoms with van der Waals surface area (Å²) in [6, 6.07) is 22.7. The highest BCUT2D eigenvalue weighted by Crippen LogP contribution is 2.38. The number of benzene rings is 6. The van der Waals surface area contributed by atoms with Crippen LogP contribution in [0.3, 0.4) is 0 Å². The van der Waals surface area contributed by atoms with Crippen molar-refractivity contribution < 1.29 is 46.6 Å². The molecule has 1 unspecified atom stereocenters. The van der Waals surface area contributed by atoms with Crippen LogP contribution in [0.25, 0.3) is 6.08 Å². The van der Waals surface area contributed by atoms with Crippen LogP contribution < -0.4 is 66.3 Å². The number of fused-ring (bicyclic) bond motifs is 6. The fraction of sp³-hybridized carbons (Fsp3) is 0.406. The normalized spacial score (nSPS) is 15.3. The van der Waals surface area contributed by atoms with Crippen molar-refractivity contribution in [1.29, 1.82) is 0 Å². The number of hydrogen-bond acceptors (Lipinski definition) is 18. The molecule has 6 aromatic carbocycles. The molecule has 23 N–H and O–H groups in total. The summed E-state index contributed by atoms with van der Waals surface area (Å²) in [5, 5.41) is 56.2. The van der Waals surface area contributed by atoms with Gasteiger partial charge in [0.25, 0.3) is 10.1 Å². The number of aliphatic hydroxyl groups excluding tert-OH is 4. The molecule has 0 fully saturated rings. The Kier molecular flexibility index (Phi) is 23.9. The maximum atomic E-state index is 12.4. The zero-order valence-corrected chi connectivity index (χ0v) is 50.1. The Balaban J connectivity index is 0.000000149. The van der Waals surface area contributed by atoms with Crippen LogP contribution in [0.4, 0.5) is 81.4 Å². The molecule has 0 saturated carbocycles. The van der Waals surface area contributed by atoms with Crippen LogP contribution in [-0.4, -0.2) is 92.1 Å². The van der Waals surface area contributed by atoms with Gasteiger partial charge in [0.15, 0.2) is 0 Å². The quantitative estimate of drug-likeness (QED) is 0.0474. The first-order chi connectivity index (χ1) is 41.7. The van der Waals surface area contributed by atoms with Crippen molar-refractivity contribution in [3.63, 3.8) is 0 Å². The van der Waals surface area contributed by atoms with E-state index in [1.54, 1.807) is 24.3 Å². The predicted molar refractivity (Wildman–Crippen MR) is 350 cm³/mol. The number of nitrogens with two attached hydrogens (primary N) is 6. The van der Waals surface area contributed by atoms with Gasteiger partial charge in [-0.15, -0.1) is 0 Å². The number of hydrogen-bond donors (Lipinski definition) is 17. The van der Waals surface area contributed by atoms with E-state index in [0.717, 1.165) is 164 Å². The van der Waals surface area contributed by atoms with Gasteiger partial charge in [0, 0.05) is 148 Å². The second-order valence-electron chi connectivity index (χ2n) is 22.1. The summed E-state index contributed by atoms with van der Waals surface area (Å²) in [5.41, 5.74) is 55.1. The number of aliphatic hydroxyl groups is 4. The first-order valence-corrected chi connectivity index (χ1v) is 31.3. The number of anilines is 12. The molecule has 1 atom stereocenters. The van der Waals surface area contributed by atoms with Gasteiger partial charge < -0.3 is 86.7 Å². The molecule has 0 bridgehead atoms. The van der Waals surface area contributed by atoms with Gasteiger partial charge in [0.05, 0.1) is 19.6 Å². The first kappa shape index (κ1) is 66.7. The lowest BCUT2D eigenvalue weighted by molar-refractivity contribution is -0.127. The number of alkyl halides is 3. The Morgan fingerprint density at radius 3 is 1.22 bits per heavy atom. The van der Waals surface area contributed by atoms with Crippen molar-refractivity contribution in [2.75, 3.05) is 119 Å². The molecule has 0 amide bonds. The molecule has 87 heavy (non-hydrogen) atoms. The second-order valence-corrected chi connectivity index (χ2v) is 23.6. The lowest BCUT2D eigenvalue weighted by atomic mass is 9.95. The minimum atomic E-state index is -4.22. The number of rotatable bonds is 9. The number of aryl methyl sites for hydroxylation is 6. The molecular weight excluding hydrogens is 1140 g/mol. The molecule has 19 nitrogen and oxygen atoms in total. The van der Waals surface area contributed by atoms with Crippen molar-refractivity contribution in [3.8, 4) is 0 Å². The van der Waals surface area contributed by atoms with Crippen molar-refractivity contribution >= 4 is 84.4 Å². The molecule has 6 heterocycles. The van der Waals surface area contributed by atoms with Crippen molar-refractivity contribution in [2.24, 2.45) is 0 Å². The molecule has 23 heteroatoms. The molecule has 0 radical (unpaired) electrons. The van der Waals surface area contributed by atoms with Gasteiger partial charge in [0.1, 0.15) is 11.9 Å². The summed E-state index contributed by atoms with van der Waals surface area (Å²) in [4.78, 5) is 0. The third-order valence-corrected chi connectivity index (χ3v) is 16.6. The van der Waals surface area contributed by atoms with Crippen LogP contribution in [-0.2, 0) is 73.8 Å². The van der Waals surface area contributed by atoms with Crippen molar-refractivity contribution in [2.45, 2.75) is 115 Å².